The van der Waals surface area contributed by atoms with Crippen LogP contribution in [0.1, 0.15) is 47.3 Å². The molecule has 1 aromatic heterocycles. The van der Waals surface area contributed by atoms with Gasteiger partial charge < -0.3 is 20.7 Å². The standard InChI is InChI=1S/C20H22N4O4/c1-11-5-4-6-13(17(11)28-3)20(27)23-15-9-16(24-18(25)12-7-8-12)22-10-14(15)19(26)21-2/h4-6,9-10,12H,7-8H2,1-3H3,(H,21,26)(H2,22,23,24,25,27)/i1D3,2D3. The minimum atomic E-state index is -2.80. The molecule has 146 valence electrons. The Bertz CT molecular complexity index is 1130. The predicted molar refractivity (Wildman–Crippen MR) is 105 cm³/mol. The lowest BCUT2D eigenvalue weighted by Crippen LogP contribution is -2.23. The van der Waals surface area contributed by atoms with Crippen LogP contribution in [-0.4, -0.2) is 36.8 Å². The Morgan fingerprint density at radius 3 is 2.68 bits per heavy atom. The molecule has 0 atom stereocenters. The smallest absolute Gasteiger partial charge is 0.259 e. The summed E-state index contributed by atoms with van der Waals surface area (Å²) in [6.07, 6.45) is 2.51. The molecule has 1 saturated carbocycles. The largest absolute Gasteiger partial charge is 0.496 e. The van der Waals surface area contributed by atoms with Crippen LogP contribution in [0.15, 0.2) is 30.5 Å². The normalized spacial score (nSPS) is 16.9. The number of aryl methyl sites for hydroxylation is 1. The van der Waals surface area contributed by atoms with Gasteiger partial charge in [-0.25, -0.2) is 4.98 Å². The van der Waals surface area contributed by atoms with Crippen molar-refractivity contribution < 1.29 is 27.3 Å². The summed E-state index contributed by atoms with van der Waals surface area (Å²) in [6.45, 7) is -5.35. The van der Waals surface area contributed by atoms with E-state index in [4.69, 9.17) is 13.0 Å². The number of pyridine rings is 1. The summed E-state index contributed by atoms with van der Waals surface area (Å²) < 4.78 is 49.9. The molecule has 8 nitrogen and oxygen atoms in total. The highest BCUT2D eigenvalue weighted by Crippen LogP contribution is 2.30. The van der Waals surface area contributed by atoms with Crippen LogP contribution in [0.25, 0.3) is 0 Å². The highest BCUT2D eigenvalue weighted by Gasteiger charge is 2.30. The molecule has 0 spiro atoms. The van der Waals surface area contributed by atoms with Gasteiger partial charge >= 0.3 is 0 Å². The second kappa shape index (κ2) is 8.08. The van der Waals surface area contributed by atoms with Crippen LogP contribution >= 0.6 is 0 Å². The van der Waals surface area contributed by atoms with Crippen molar-refractivity contribution in [3.05, 3.63) is 47.2 Å². The van der Waals surface area contributed by atoms with Crippen LogP contribution in [0.5, 0.6) is 5.75 Å². The summed E-state index contributed by atoms with van der Waals surface area (Å²) in [5.74, 6) is -2.39. The predicted octanol–water partition coefficient (Wildman–Crippen LogP) is 2.36. The minimum absolute atomic E-state index is 0.0424. The van der Waals surface area contributed by atoms with E-state index in [-0.39, 0.29) is 45.8 Å². The van der Waals surface area contributed by atoms with E-state index in [1.165, 1.54) is 31.4 Å². The molecule has 8 heteroatoms. The summed E-state index contributed by atoms with van der Waals surface area (Å²) in [7, 11) is 1.22. The first-order valence-electron chi connectivity index (χ1n) is 11.4. The highest BCUT2D eigenvalue weighted by atomic mass is 16.5. The SMILES string of the molecule is [2H]C([2H])([2H])NC(=O)c1cnc(NC(=O)C2CC2)cc1NC(=O)c1cccc(C([2H])([2H])[2H])c1OC. The zero-order valence-corrected chi connectivity index (χ0v) is 15.0. The molecule has 1 aliphatic carbocycles. The van der Waals surface area contributed by atoms with Crippen molar-refractivity contribution in [1.82, 2.24) is 10.3 Å². The molecular formula is C20H22N4O4. The van der Waals surface area contributed by atoms with Gasteiger partial charge in [-0.1, -0.05) is 12.1 Å². The second-order valence-electron chi connectivity index (χ2n) is 6.17. The highest BCUT2D eigenvalue weighted by molar-refractivity contribution is 6.10. The molecule has 0 saturated heterocycles. The molecule has 0 unspecified atom stereocenters. The number of hydrogen-bond donors (Lipinski definition) is 3. The number of carbonyl (C=O) groups excluding carboxylic acids is 3. The van der Waals surface area contributed by atoms with Gasteiger partial charge in [-0.3, -0.25) is 14.4 Å². The second-order valence-corrected chi connectivity index (χ2v) is 6.17. The Hall–Kier alpha value is -3.42. The van der Waals surface area contributed by atoms with Crippen molar-refractivity contribution in [1.29, 1.82) is 0 Å². The average Bonchev–Trinajstić information content (AvgIpc) is 3.56. The summed E-state index contributed by atoms with van der Waals surface area (Å²) in [6, 6.07) is 5.22. The molecule has 3 rings (SSSR count). The minimum Gasteiger partial charge on any atom is -0.496 e. The Morgan fingerprint density at radius 1 is 1.18 bits per heavy atom. The summed E-state index contributed by atoms with van der Waals surface area (Å²) in [5.41, 5.74) is -0.733. The van der Waals surface area contributed by atoms with Gasteiger partial charge in [-0.15, -0.1) is 0 Å². The molecule has 3 N–H and O–H groups in total. The van der Waals surface area contributed by atoms with E-state index in [0.717, 1.165) is 19.0 Å². The number of hydrogen-bond acceptors (Lipinski definition) is 5. The van der Waals surface area contributed by atoms with Crippen molar-refractivity contribution in [3.63, 3.8) is 0 Å². The maximum absolute atomic E-state index is 13.1. The first-order chi connectivity index (χ1) is 15.8. The fraction of sp³-hybridized carbons (Fsp3) is 0.300. The Balaban J connectivity index is 1.98. The lowest BCUT2D eigenvalue weighted by atomic mass is 10.1. The molecule has 0 radical (unpaired) electrons. The fourth-order valence-electron chi connectivity index (χ4n) is 2.57. The number of ether oxygens (including phenoxy) is 1. The first-order valence-corrected chi connectivity index (χ1v) is 8.42. The molecular weight excluding hydrogens is 360 g/mol. The molecule has 1 aromatic carbocycles. The van der Waals surface area contributed by atoms with Crippen LogP contribution in [0.4, 0.5) is 11.5 Å². The Labute approximate surface area is 171 Å². The van der Waals surface area contributed by atoms with Crippen LogP contribution in [0.2, 0.25) is 0 Å². The molecule has 28 heavy (non-hydrogen) atoms. The van der Waals surface area contributed by atoms with E-state index in [1.54, 1.807) is 0 Å². The first kappa shape index (κ1) is 12.9. The Morgan fingerprint density at radius 2 is 2.00 bits per heavy atom. The molecule has 0 aliphatic heterocycles. The monoisotopic (exact) mass is 388 g/mol. The molecule has 0 bridgehead atoms. The van der Waals surface area contributed by atoms with Crippen molar-refractivity contribution >= 4 is 29.2 Å². The van der Waals surface area contributed by atoms with Gasteiger partial charge in [-0.05, 0) is 31.3 Å². The number of para-hydroxylation sites is 1. The molecule has 3 amide bonds. The lowest BCUT2D eigenvalue weighted by Gasteiger charge is -2.14. The van der Waals surface area contributed by atoms with Crippen LogP contribution in [0.3, 0.4) is 0 Å². The maximum Gasteiger partial charge on any atom is 0.259 e. The van der Waals surface area contributed by atoms with Gasteiger partial charge in [0.15, 0.2) is 0 Å². The lowest BCUT2D eigenvalue weighted by molar-refractivity contribution is -0.117. The zero-order valence-electron chi connectivity index (χ0n) is 21.0. The van der Waals surface area contributed by atoms with E-state index in [0.29, 0.717) is 0 Å². The number of benzene rings is 1. The number of anilines is 2. The number of nitrogens with one attached hydrogen (secondary N) is 3. The third kappa shape index (κ3) is 4.11. The fourth-order valence-corrected chi connectivity index (χ4v) is 2.57. The third-order valence-electron chi connectivity index (χ3n) is 4.17. The van der Waals surface area contributed by atoms with Gasteiger partial charge in [-0.2, -0.15) is 0 Å². The number of methoxy groups -OCH3 is 1. The zero-order chi connectivity index (χ0) is 25.3. The van der Waals surface area contributed by atoms with Crippen molar-refractivity contribution in [3.8, 4) is 5.75 Å². The Kier molecular flexibility index (Phi) is 3.71. The van der Waals surface area contributed by atoms with Gasteiger partial charge in [0.1, 0.15) is 11.6 Å². The van der Waals surface area contributed by atoms with Crippen LogP contribution in [-0.2, 0) is 4.79 Å². The van der Waals surface area contributed by atoms with E-state index < -0.39 is 25.6 Å². The van der Waals surface area contributed by atoms with E-state index in [9.17, 15) is 14.4 Å². The molecule has 1 aliphatic rings. The summed E-state index contributed by atoms with van der Waals surface area (Å²) in [4.78, 5) is 41.6. The number of amides is 3. The number of rotatable bonds is 6. The quantitative estimate of drug-likeness (QED) is 0.704. The number of aromatic nitrogens is 1. The van der Waals surface area contributed by atoms with E-state index in [1.807, 2.05) is 5.32 Å². The summed E-state index contributed by atoms with van der Waals surface area (Å²) in [5, 5.41) is 6.86. The number of carbonyl (C=O) groups is 3. The van der Waals surface area contributed by atoms with E-state index >= 15 is 0 Å². The van der Waals surface area contributed by atoms with Gasteiger partial charge in [0, 0.05) is 33.4 Å². The molecule has 1 fully saturated rings. The van der Waals surface area contributed by atoms with Crippen LogP contribution in [0, 0.1) is 12.8 Å². The molecule has 2 aromatic rings. The molecule has 1 heterocycles. The van der Waals surface area contributed by atoms with Crippen LogP contribution < -0.4 is 20.7 Å². The van der Waals surface area contributed by atoms with Crippen molar-refractivity contribution in [2.24, 2.45) is 5.92 Å². The van der Waals surface area contributed by atoms with Crippen molar-refractivity contribution in [2.45, 2.75) is 19.7 Å². The van der Waals surface area contributed by atoms with E-state index in [2.05, 4.69) is 15.6 Å². The maximum atomic E-state index is 13.1. The van der Waals surface area contributed by atoms with Gasteiger partial charge in [0.25, 0.3) is 11.8 Å². The summed E-state index contributed by atoms with van der Waals surface area (Å²) >= 11 is 0. The van der Waals surface area contributed by atoms with Crippen molar-refractivity contribution in [2.75, 3.05) is 24.7 Å². The number of nitrogens with zero attached hydrogens (tertiary/aromatic N) is 1. The van der Waals surface area contributed by atoms with Gasteiger partial charge in [0.2, 0.25) is 5.91 Å². The topological polar surface area (TPSA) is 109 Å². The third-order valence-corrected chi connectivity index (χ3v) is 4.17. The average molecular weight is 388 g/mol. The van der Waals surface area contributed by atoms with Gasteiger partial charge in [0.05, 0.1) is 23.9 Å².